The molecule has 0 bridgehead atoms. The second kappa shape index (κ2) is 7.55. The van der Waals surface area contributed by atoms with Gasteiger partial charge in [-0.25, -0.2) is 4.39 Å². The SMILES string of the molecule is Cc1nn(Cc2ccccc2)c(C)c1NC(=O)c1nn(C)c2ccc(F)cc2c1=O. The Balaban J connectivity index is 1.68. The van der Waals surface area contributed by atoms with E-state index in [4.69, 9.17) is 0 Å². The predicted octanol–water partition coefficient (Wildman–Crippen LogP) is 3.19. The molecule has 0 unspecified atom stereocenters. The van der Waals surface area contributed by atoms with Crippen molar-refractivity contribution in [2.75, 3.05) is 5.32 Å². The molecule has 152 valence electrons. The largest absolute Gasteiger partial charge is 0.317 e. The predicted molar refractivity (Wildman–Crippen MR) is 112 cm³/mol. The first-order valence-corrected chi connectivity index (χ1v) is 9.41. The van der Waals surface area contributed by atoms with Crippen LogP contribution in [0.15, 0.2) is 53.3 Å². The molecule has 1 N–H and O–H groups in total. The van der Waals surface area contributed by atoms with Crippen molar-refractivity contribution in [3.8, 4) is 0 Å². The van der Waals surface area contributed by atoms with Crippen LogP contribution in [0.4, 0.5) is 10.1 Å². The van der Waals surface area contributed by atoms with Crippen LogP contribution in [-0.2, 0) is 13.6 Å². The number of aryl methyl sites for hydroxylation is 2. The van der Waals surface area contributed by atoms with Gasteiger partial charge in [0.05, 0.1) is 34.5 Å². The molecule has 2 aromatic heterocycles. The molecule has 7 nitrogen and oxygen atoms in total. The highest BCUT2D eigenvalue weighted by molar-refractivity contribution is 6.04. The van der Waals surface area contributed by atoms with Gasteiger partial charge in [0.15, 0.2) is 5.69 Å². The van der Waals surface area contributed by atoms with Crippen molar-refractivity contribution in [1.82, 2.24) is 19.6 Å². The molecule has 0 aliphatic rings. The molecule has 0 atom stereocenters. The number of aromatic nitrogens is 4. The van der Waals surface area contributed by atoms with Crippen LogP contribution >= 0.6 is 0 Å². The number of halogens is 1. The number of rotatable bonds is 4. The average Bonchev–Trinajstić information content (AvgIpc) is 2.98. The van der Waals surface area contributed by atoms with Crippen molar-refractivity contribution in [1.29, 1.82) is 0 Å². The number of anilines is 1. The van der Waals surface area contributed by atoms with Crippen LogP contribution in [0, 0.1) is 19.7 Å². The molecule has 1 amide bonds. The van der Waals surface area contributed by atoms with E-state index in [1.165, 1.54) is 16.8 Å². The summed E-state index contributed by atoms with van der Waals surface area (Å²) in [5.74, 6) is -1.21. The maximum absolute atomic E-state index is 13.6. The molecule has 0 fully saturated rings. The van der Waals surface area contributed by atoms with Crippen LogP contribution in [0.2, 0.25) is 0 Å². The third-order valence-electron chi connectivity index (χ3n) is 5.03. The Morgan fingerprint density at radius 2 is 1.83 bits per heavy atom. The Hall–Kier alpha value is -3.81. The summed E-state index contributed by atoms with van der Waals surface area (Å²) in [6.07, 6.45) is 0. The third-order valence-corrected chi connectivity index (χ3v) is 5.03. The first-order valence-electron chi connectivity index (χ1n) is 9.41. The van der Waals surface area contributed by atoms with Crippen LogP contribution in [0.1, 0.15) is 27.4 Å². The lowest BCUT2D eigenvalue weighted by Gasteiger charge is -2.09. The van der Waals surface area contributed by atoms with Gasteiger partial charge in [0.2, 0.25) is 5.43 Å². The minimum Gasteiger partial charge on any atom is -0.317 e. The zero-order chi connectivity index (χ0) is 21.4. The molecule has 0 aliphatic heterocycles. The Morgan fingerprint density at radius 3 is 2.57 bits per heavy atom. The highest BCUT2D eigenvalue weighted by Crippen LogP contribution is 2.21. The molecule has 0 saturated heterocycles. The zero-order valence-corrected chi connectivity index (χ0v) is 16.8. The van der Waals surface area contributed by atoms with Crippen molar-refractivity contribution in [3.05, 3.63) is 87.2 Å². The molecule has 30 heavy (non-hydrogen) atoms. The van der Waals surface area contributed by atoms with E-state index in [2.05, 4.69) is 15.5 Å². The fourth-order valence-corrected chi connectivity index (χ4v) is 3.46. The highest BCUT2D eigenvalue weighted by Gasteiger charge is 2.20. The van der Waals surface area contributed by atoms with Crippen LogP contribution in [0.3, 0.4) is 0 Å². The summed E-state index contributed by atoms with van der Waals surface area (Å²) < 4.78 is 16.8. The van der Waals surface area contributed by atoms with Gasteiger partial charge in [-0.2, -0.15) is 10.2 Å². The minimum absolute atomic E-state index is 0.103. The minimum atomic E-state index is -0.660. The van der Waals surface area contributed by atoms with Crippen molar-refractivity contribution in [2.24, 2.45) is 7.05 Å². The molecule has 0 saturated carbocycles. The topological polar surface area (TPSA) is 81.8 Å². The first-order chi connectivity index (χ1) is 14.3. The van der Waals surface area contributed by atoms with E-state index < -0.39 is 17.2 Å². The Morgan fingerprint density at radius 1 is 1.10 bits per heavy atom. The fraction of sp³-hybridized carbons (Fsp3) is 0.182. The number of carbonyl (C=O) groups excluding carboxylic acids is 1. The van der Waals surface area contributed by atoms with Gasteiger partial charge in [-0.15, -0.1) is 0 Å². The van der Waals surface area contributed by atoms with Crippen molar-refractivity contribution < 1.29 is 9.18 Å². The summed E-state index contributed by atoms with van der Waals surface area (Å²) in [7, 11) is 1.60. The number of amides is 1. The van der Waals surface area contributed by atoms with E-state index in [-0.39, 0.29) is 11.1 Å². The molecule has 2 aromatic carbocycles. The number of carbonyl (C=O) groups is 1. The summed E-state index contributed by atoms with van der Waals surface area (Å²) in [4.78, 5) is 25.6. The van der Waals surface area contributed by atoms with E-state index in [9.17, 15) is 14.0 Å². The number of hydrogen-bond acceptors (Lipinski definition) is 4. The number of fused-ring (bicyclic) bond motifs is 1. The van der Waals surface area contributed by atoms with Crippen LogP contribution in [0.25, 0.3) is 10.9 Å². The molecular weight excluding hydrogens is 385 g/mol. The number of hydrogen-bond donors (Lipinski definition) is 1. The summed E-state index contributed by atoms with van der Waals surface area (Å²) in [6.45, 7) is 4.18. The van der Waals surface area contributed by atoms with Gasteiger partial charge in [0.1, 0.15) is 5.82 Å². The van der Waals surface area contributed by atoms with Crippen LogP contribution < -0.4 is 10.7 Å². The normalized spacial score (nSPS) is 11.1. The highest BCUT2D eigenvalue weighted by atomic mass is 19.1. The van der Waals surface area contributed by atoms with Gasteiger partial charge in [0, 0.05) is 7.05 Å². The van der Waals surface area contributed by atoms with E-state index in [1.807, 2.05) is 37.3 Å². The zero-order valence-electron chi connectivity index (χ0n) is 16.8. The quantitative estimate of drug-likeness (QED) is 0.565. The lowest BCUT2D eigenvalue weighted by atomic mass is 10.2. The molecular formula is C22H20FN5O2. The van der Waals surface area contributed by atoms with Crippen LogP contribution in [-0.4, -0.2) is 25.5 Å². The average molecular weight is 405 g/mol. The van der Waals surface area contributed by atoms with E-state index in [0.717, 1.165) is 17.3 Å². The van der Waals surface area contributed by atoms with Gasteiger partial charge in [-0.1, -0.05) is 30.3 Å². The van der Waals surface area contributed by atoms with Crippen molar-refractivity contribution in [3.63, 3.8) is 0 Å². The molecule has 0 radical (unpaired) electrons. The van der Waals surface area contributed by atoms with Crippen molar-refractivity contribution >= 4 is 22.5 Å². The fourth-order valence-electron chi connectivity index (χ4n) is 3.46. The molecule has 2 heterocycles. The molecule has 4 rings (SSSR count). The Kier molecular flexibility index (Phi) is 4.91. The lowest BCUT2D eigenvalue weighted by molar-refractivity contribution is 0.101. The van der Waals surface area contributed by atoms with Crippen LogP contribution in [0.5, 0.6) is 0 Å². The third kappa shape index (κ3) is 3.47. The Bertz CT molecular complexity index is 1330. The molecule has 8 heteroatoms. The standard InChI is InChI=1S/C22H20FN5O2/c1-13-19(14(2)28(25-13)12-15-7-5-4-6-8-15)24-22(30)20-21(29)17-11-16(23)9-10-18(17)27(3)26-20/h4-11H,12H2,1-3H3,(H,24,30). The van der Waals surface area contributed by atoms with E-state index in [0.29, 0.717) is 23.4 Å². The van der Waals surface area contributed by atoms with Gasteiger partial charge in [-0.3, -0.25) is 19.0 Å². The summed E-state index contributed by atoms with van der Waals surface area (Å²) in [5, 5.41) is 11.5. The molecule has 0 spiro atoms. The first kappa shape index (κ1) is 19.5. The maximum atomic E-state index is 13.6. The number of nitrogens with one attached hydrogen (secondary N) is 1. The van der Waals surface area contributed by atoms with Gasteiger partial charge < -0.3 is 5.32 Å². The van der Waals surface area contributed by atoms with Gasteiger partial charge >= 0.3 is 0 Å². The van der Waals surface area contributed by atoms with E-state index in [1.54, 1.807) is 18.7 Å². The second-order valence-corrected chi connectivity index (χ2v) is 7.11. The van der Waals surface area contributed by atoms with E-state index >= 15 is 0 Å². The molecule has 0 aliphatic carbocycles. The molecule has 4 aromatic rings. The summed E-state index contributed by atoms with van der Waals surface area (Å²) in [6, 6.07) is 13.7. The second-order valence-electron chi connectivity index (χ2n) is 7.11. The number of nitrogens with zero attached hydrogens (tertiary/aromatic N) is 4. The smallest absolute Gasteiger partial charge is 0.280 e. The van der Waals surface area contributed by atoms with Crippen molar-refractivity contribution in [2.45, 2.75) is 20.4 Å². The summed E-state index contributed by atoms with van der Waals surface area (Å²) in [5.41, 5.74) is 2.51. The maximum Gasteiger partial charge on any atom is 0.280 e. The monoisotopic (exact) mass is 405 g/mol. The number of benzene rings is 2. The van der Waals surface area contributed by atoms with Gasteiger partial charge in [-0.05, 0) is 37.6 Å². The summed E-state index contributed by atoms with van der Waals surface area (Å²) >= 11 is 0. The Labute approximate surface area is 171 Å². The lowest BCUT2D eigenvalue weighted by Crippen LogP contribution is -2.27. The van der Waals surface area contributed by atoms with Gasteiger partial charge in [0.25, 0.3) is 5.91 Å².